The van der Waals surface area contributed by atoms with Crippen molar-refractivity contribution in [3.05, 3.63) is 323 Å². The molecule has 0 spiro atoms. The molecule has 0 bridgehead atoms. The average molecular weight is 1280 g/mol. The summed E-state index contributed by atoms with van der Waals surface area (Å²) in [6, 6.07) is 94.0. The van der Waals surface area contributed by atoms with Crippen LogP contribution >= 0.6 is 0 Å². The van der Waals surface area contributed by atoms with Crippen LogP contribution in [0.1, 0.15) is 134 Å². The highest BCUT2D eigenvalue weighted by atomic mass is 16.5. The zero-order valence-corrected chi connectivity index (χ0v) is 57.0. The van der Waals surface area contributed by atoms with Gasteiger partial charge in [0.2, 0.25) is 0 Å². The van der Waals surface area contributed by atoms with Gasteiger partial charge in [-0.25, -0.2) is 0 Å². The summed E-state index contributed by atoms with van der Waals surface area (Å²) in [4.78, 5) is 5.11. The largest absolute Gasteiger partial charge is 0.473 e. The lowest BCUT2D eigenvalue weighted by molar-refractivity contribution is 0.161. The lowest BCUT2D eigenvalue weighted by atomic mass is 9.79. The van der Waals surface area contributed by atoms with Gasteiger partial charge in [0.15, 0.2) is 11.2 Å². The molecule has 1 fully saturated rings. The monoisotopic (exact) mass is 1280 g/mol. The van der Waals surface area contributed by atoms with Crippen LogP contribution in [0.2, 0.25) is 0 Å². The van der Waals surface area contributed by atoms with E-state index in [1.54, 1.807) is 0 Å². The quantitative estimate of drug-likeness (QED) is 0.0849. The van der Waals surface area contributed by atoms with Crippen molar-refractivity contribution in [3.8, 4) is 56.0 Å². The highest BCUT2D eigenvalue weighted by Crippen LogP contribution is 2.51. The third-order valence-corrected chi connectivity index (χ3v) is 21.6. The molecule has 5 aliphatic heterocycles. The number of aryl methyl sites for hydroxylation is 4. The molecule has 0 amide bonds. The SMILES string of the molecule is CCCCCc1ccc(-c2ccc(-c3cc4c(c5ccccc35)C=CC(c3ccccc3)(c3cc5c6c(c3)CCCN6CCC5)O4)cc2)cc1.CCCCCc1ccc(-c2ccc(-c3cc4c(c5ccccc35)C=CC(c3ccccc3)(c3ccc(N5CCCC5)cc3)O4)cc2)cc1. The lowest BCUT2D eigenvalue weighted by Gasteiger charge is -2.41. The molecule has 4 heteroatoms. The molecule has 0 aliphatic carbocycles. The Hall–Kier alpha value is -10.2. The summed E-state index contributed by atoms with van der Waals surface area (Å²) in [6.07, 6.45) is 26.3. The van der Waals surface area contributed by atoms with E-state index >= 15 is 0 Å². The van der Waals surface area contributed by atoms with Crippen LogP contribution in [0.3, 0.4) is 0 Å². The van der Waals surface area contributed by atoms with E-state index in [-0.39, 0.29) is 0 Å². The van der Waals surface area contributed by atoms with Crippen molar-refractivity contribution >= 4 is 45.1 Å². The van der Waals surface area contributed by atoms with Gasteiger partial charge >= 0.3 is 0 Å². The van der Waals surface area contributed by atoms with Crippen molar-refractivity contribution in [2.45, 2.75) is 115 Å². The summed E-state index contributed by atoms with van der Waals surface area (Å²) < 4.78 is 14.7. The molecule has 0 aromatic heterocycles. The normalized spacial score (nSPS) is 17.3. The number of benzene rings is 12. The molecule has 2 atom stereocenters. The zero-order valence-electron chi connectivity index (χ0n) is 57.0. The molecule has 486 valence electrons. The minimum Gasteiger partial charge on any atom is -0.473 e. The predicted octanol–water partition coefficient (Wildman–Crippen LogP) is 23.8. The van der Waals surface area contributed by atoms with Crippen LogP contribution < -0.4 is 19.3 Å². The van der Waals surface area contributed by atoms with Gasteiger partial charge in [-0.2, -0.15) is 0 Å². The second-order valence-corrected chi connectivity index (χ2v) is 27.9. The van der Waals surface area contributed by atoms with Gasteiger partial charge in [0.1, 0.15) is 11.5 Å². The van der Waals surface area contributed by atoms with Crippen molar-refractivity contribution in [1.29, 1.82) is 0 Å². The zero-order chi connectivity index (χ0) is 65.8. The van der Waals surface area contributed by atoms with E-state index < -0.39 is 11.2 Å². The number of ether oxygens (including phenoxy) is 2. The van der Waals surface area contributed by atoms with E-state index in [2.05, 4.69) is 303 Å². The molecule has 4 nitrogen and oxygen atoms in total. The van der Waals surface area contributed by atoms with Crippen molar-refractivity contribution in [2.75, 3.05) is 36.0 Å². The molecular weight excluding hydrogens is 1190 g/mol. The van der Waals surface area contributed by atoms with Crippen molar-refractivity contribution in [2.24, 2.45) is 0 Å². The Labute approximate surface area is 580 Å². The summed E-state index contributed by atoms with van der Waals surface area (Å²) in [5.41, 5.74) is 23.8. The molecule has 12 aromatic carbocycles. The minimum atomic E-state index is -0.732. The molecule has 12 aromatic rings. The molecule has 17 rings (SSSR count). The van der Waals surface area contributed by atoms with E-state index in [1.165, 1.54) is 183 Å². The predicted molar refractivity (Wildman–Crippen MR) is 413 cm³/mol. The van der Waals surface area contributed by atoms with Crippen LogP contribution in [-0.4, -0.2) is 26.2 Å². The highest BCUT2D eigenvalue weighted by Gasteiger charge is 2.41. The van der Waals surface area contributed by atoms with Crippen molar-refractivity contribution in [3.63, 3.8) is 0 Å². The maximum Gasteiger partial charge on any atom is 0.178 e. The molecule has 98 heavy (non-hydrogen) atoms. The van der Waals surface area contributed by atoms with Crippen LogP contribution in [0, 0.1) is 0 Å². The van der Waals surface area contributed by atoms with Crippen LogP contribution in [0.5, 0.6) is 11.5 Å². The first-order valence-corrected chi connectivity index (χ1v) is 36.6. The van der Waals surface area contributed by atoms with Gasteiger partial charge in [0.25, 0.3) is 0 Å². The number of hydrogen-bond donors (Lipinski definition) is 0. The maximum atomic E-state index is 7.44. The third-order valence-electron chi connectivity index (χ3n) is 21.6. The molecule has 2 unspecified atom stereocenters. The van der Waals surface area contributed by atoms with Crippen LogP contribution in [0.25, 0.3) is 78.2 Å². The maximum absolute atomic E-state index is 7.44. The van der Waals surface area contributed by atoms with Crippen molar-refractivity contribution in [1.82, 2.24) is 0 Å². The first-order valence-electron chi connectivity index (χ1n) is 36.6. The van der Waals surface area contributed by atoms with Gasteiger partial charge in [0, 0.05) is 70.9 Å². The van der Waals surface area contributed by atoms with Gasteiger partial charge in [0.05, 0.1) is 0 Å². The summed E-state index contributed by atoms with van der Waals surface area (Å²) in [6.45, 7) is 9.14. The lowest BCUT2D eigenvalue weighted by Crippen LogP contribution is -2.37. The molecule has 1 saturated heterocycles. The van der Waals surface area contributed by atoms with Gasteiger partial charge in [-0.1, -0.05) is 258 Å². The fourth-order valence-electron chi connectivity index (χ4n) is 16.4. The summed E-state index contributed by atoms with van der Waals surface area (Å²) in [5, 5.41) is 4.90. The molecular formula is C94H88N2O2. The Morgan fingerprint density at radius 1 is 0.337 bits per heavy atom. The summed E-state index contributed by atoms with van der Waals surface area (Å²) >= 11 is 0. The Balaban J connectivity index is 0.000000153. The Kier molecular flexibility index (Phi) is 17.7. The second-order valence-electron chi connectivity index (χ2n) is 27.9. The number of unbranched alkanes of at least 4 members (excludes halogenated alkanes) is 4. The van der Waals surface area contributed by atoms with E-state index in [4.69, 9.17) is 9.47 Å². The van der Waals surface area contributed by atoms with Crippen molar-refractivity contribution < 1.29 is 9.47 Å². The summed E-state index contributed by atoms with van der Waals surface area (Å²) in [7, 11) is 0. The Morgan fingerprint density at radius 3 is 1.15 bits per heavy atom. The fraction of sp³-hybridized carbons (Fsp3) is 0.234. The third kappa shape index (κ3) is 12.2. The topological polar surface area (TPSA) is 24.9 Å². The second kappa shape index (κ2) is 27.8. The van der Waals surface area contributed by atoms with E-state index in [9.17, 15) is 0 Å². The van der Waals surface area contributed by atoms with Gasteiger partial charge in [-0.05, 0) is 213 Å². The minimum absolute atomic E-state index is 0.716. The van der Waals surface area contributed by atoms with E-state index in [0.29, 0.717) is 0 Å². The van der Waals surface area contributed by atoms with Gasteiger partial charge in [-0.15, -0.1) is 0 Å². The molecule has 5 heterocycles. The Bertz CT molecular complexity index is 4820. The molecule has 5 aliphatic rings. The van der Waals surface area contributed by atoms with Crippen LogP contribution in [0.15, 0.2) is 267 Å². The first-order chi connectivity index (χ1) is 48.4. The van der Waals surface area contributed by atoms with Crippen LogP contribution in [0.4, 0.5) is 11.4 Å². The number of anilines is 2. The first kappa shape index (κ1) is 62.6. The number of hydrogen-bond acceptors (Lipinski definition) is 4. The molecule has 0 saturated carbocycles. The standard InChI is InChI=1S/C48H45NO.C46H43NO/c1-2-3-5-12-34-19-21-35(22-20-34)36-23-25-37(26-24-36)45-33-46-44(42-17-8-9-18-43(42)45)27-28-48(50-46,40-15-6-4-7-16-40)41-31-38-13-10-29-49-30-11-14-39(32-41)47(38)49;1-2-3-5-12-34-17-19-35(20-18-34)36-21-23-37(24-22-36)44-33-45-43(41-15-8-9-16-42(41)44)29-30-46(48-45,38-13-6-4-7-14-38)39-25-27-40(28-26-39)47-31-10-11-32-47/h4,6-9,15-28,31-33H,2-3,5,10-14,29-30H2,1H3;4,6-9,13-30,33H,2-3,5,10-12,31-32H2,1H3. The smallest absolute Gasteiger partial charge is 0.178 e. The number of nitrogens with zero attached hydrogens (tertiary/aromatic N) is 2. The fourth-order valence-corrected chi connectivity index (χ4v) is 16.4. The summed E-state index contributed by atoms with van der Waals surface area (Å²) in [5.74, 6) is 1.84. The average Bonchev–Trinajstić information content (AvgIpc) is 0.942. The van der Waals surface area contributed by atoms with E-state index in [1.807, 2.05) is 0 Å². The highest BCUT2D eigenvalue weighted by molar-refractivity contribution is 6.05. The molecule has 0 radical (unpaired) electrons. The van der Waals surface area contributed by atoms with Gasteiger partial charge < -0.3 is 19.3 Å². The van der Waals surface area contributed by atoms with Gasteiger partial charge in [-0.3, -0.25) is 0 Å². The Morgan fingerprint density at radius 2 is 0.714 bits per heavy atom. The molecule has 0 N–H and O–H groups in total. The van der Waals surface area contributed by atoms with Crippen LogP contribution in [-0.2, 0) is 36.9 Å². The number of fused-ring (bicyclic) bond motifs is 6. The number of rotatable bonds is 17. The van der Waals surface area contributed by atoms with E-state index in [0.717, 1.165) is 78.1 Å².